The van der Waals surface area contributed by atoms with Crippen molar-refractivity contribution in [3.05, 3.63) is 240 Å². The van der Waals surface area contributed by atoms with E-state index in [9.17, 15) is 83.0 Å². The molecule has 14 rings (SSSR count). The summed E-state index contributed by atoms with van der Waals surface area (Å²) in [5.74, 6) is -2.82. The minimum atomic E-state index is -0.938. The second-order valence-corrected chi connectivity index (χ2v) is 33.8. The van der Waals surface area contributed by atoms with Crippen molar-refractivity contribution in [2.75, 3.05) is 34.2 Å². The minimum absolute atomic E-state index is 0.00750. The molecule has 25 nitrogen and oxygen atoms in total. The van der Waals surface area contributed by atoms with Crippen molar-refractivity contribution in [1.29, 1.82) is 0 Å². The summed E-state index contributed by atoms with van der Waals surface area (Å²) in [7, 11) is 5.41. The molecule has 0 aliphatic heterocycles. The first-order valence-electron chi connectivity index (χ1n) is 42.8. The van der Waals surface area contributed by atoms with Crippen molar-refractivity contribution >= 4 is 81.9 Å². The Kier molecular flexibility index (Phi) is 32.2. The first kappa shape index (κ1) is 97.0. The molecule has 126 heavy (non-hydrogen) atoms. The molecule has 8 aromatic rings. The van der Waals surface area contributed by atoms with Gasteiger partial charge in [0.15, 0.2) is 34.7 Å². The molecule has 6 aliphatic carbocycles. The summed E-state index contributed by atoms with van der Waals surface area (Å²) in [6, 6.07) is 45.7. The number of aromatic hydroxyl groups is 3. The number of ether oxygens (including phenoxy) is 4. The van der Waals surface area contributed by atoms with Crippen LogP contribution in [0, 0.1) is 49.5 Å². The Bertz CT molecular complexity index is 5290. The van der Waals surface area contributed by atoms with Crippen LogP contribution in [0.3, 0.4) is 0 Å². The molecule has 0 radical (unpaired) electrons. The molecule has 0 spiro atoms. The molecule has 1 unspecified atom stereocenters. The third-order valence-corrected chi connectivity index (χ3v) is 26.9. The molecule has 0 saturated carbocycles. The number of aryl methyl sites for hydroxylation is 7. The quantitative estimate of drug-likeness (QED) is 0.0128. The van der Waals surface area contributed by atoms with Gasteiger partial charge in [-0.05, 0) is 257 Å². The lowest BCUT2D eigenvalue weighted by Crippen LogP contribution is -2.37. The van der Waals surface area contributed by atoms with E-state index in [1.165, 1.54) is 64.3 Å². The summed E-state index contributed by atoms with van der Waals surface area (Å²) in [5, 5.41) is 57.0. The van der Waals surface area contributed by atoms with Crippen molar-refractivity contribution < 1.29 is 107 Å². The number of carbonyl (C=O) groups is 12. The van der Waals surface area contributed by atoms with Crippen LogP contribution >= 0.6 is 0 Å². The van der Waals surface area contributed by atoms with Crippen LogP contribution in [0.15, 0.2) is 158 Å². The summed E-state index contributed by atoms with van der Waals surface area (Å²) >= 11 is 0. The Balaban J connectivity index is 0.000000172. The lowest BCUT2D eigenvalue weighted by atomic mass is 9.67. The predicted molar refractivity (Wildman–Crippen MR) is 474 cm³/mol. The van der Waals surface area contributed by atoms with Gasteiger partial charge in [-0.2, -0.15) is 0 Å². The normalized spacial score (nSPS) is 20.9. The number of esters is 4. The second-order valence-electron chi connectivity index (χ2n) is 33.8. The van der Waals surface area contributed by atoms with Crippen LogP contribution in [0.5, 0.6) is 17.2 Å². The lowest BCUT2D eigenvalue weighted by molar-refractivity contribution is -0.384. The standard InChI is InChI=1S/C21H21NO5.C21H23NO3.C16H20O3.C15H18O4.2C14H16O4/c1-3-21(13-19(23)27-2)11-10-16-12-15(6-9-18(16)20(21)24)14-4-7-17(8-5-14)22(25)26;1-3-21(13-19(23)25-2)11-10-16-12-15(6-9-18(16)20(21)24)14-4-7-17(22)8-5-14;1-4-16(10-14(17)19-3)8-7-12-9-11(2)5-6-13(12)15(16)18;1-3-15(9-13(17)19-2)7-6-10-8-11(16)4-5-12(10)14(15)18;2*1-2-14(8-12(16)17)6-5-9-7-10(15)3-4-11(9)13(14)18/h4-9,12H,3,10-11,13H2,1-2H3;4-9,12H,3,10-11,13,22H2,1-2H3;5-6,9H,4,7-8,10H2,1-3H3;4-5,8,16H,3,6-7,9H2,1-2H3;2*3-4,7,15H,2,5-6,8H2,1H3,(H,16,17)/t2*21-;16-;15-;14-;/m00000./s1. The zero-order chi connectivity index (χ0) is 92.4. The number of aliphatic carboxylic acids is 2. The number of phenols is 3. The molecule has 0 bridgehead atoms. The molecular weight excluding hydrogens is 1610 g/mol. The highest BCUT2D eigenvalue weighted by atomic mass is 16.6. The molecule has 666 valence electrons. The first-order valence-corrected chi connectivity index (χ1v) is 42.8. The van der Waals surface area contributed by atoms with Gasteiger partial charge in [-0.3, -0.25) is 67.6 Å². The third-order valence-electron chi connectivity index (χ3n) is 26.9. The number of methoxy groups -OCH3 is 4. The van der Waals surface area contributed by atoms with E-state index >= 15 is 0 Å². The molecule has 0 amide bonds. The topological polar surface area (TPSA) is 412 Å². The zero-order valence-electron chi connectivity index (χ0n) is 73.6. The van der Waals surface area contributed by atoms with E-state index in [0.717, 1.165) is 91.7 Å². The number of ketones is 6. The highest BCUT2D eigenvalue weighted by molar-refractivity contribution is 6.09. The van der Waals surface area contributed by atoms with Crippen molar-refractivity contribution in [2.45, 2.75) is 203 Å². The van der Waals surface area contributed by atoms with E-state index in [1.54, 1.807) is 54.6 Å². The first-order chi connectivity index (χ1) is 59.9. The van der Waals surface area contributed by atoms with Gasteiger partial charge in [0.25, 0.3) is 5.69 Å². The van der Waals surface area contributed by atoms with Gasteiger partial charge in [-0.25, -0.2) is 0 Å². The number of nitro groups is 1. The van der Waals surface area contributed by atoms with Crippen LogP contribution in [0.4, 0.5) is 11.4 Å². The van der Waals surface area contributed by atoms with E-state index in [1.807, 2.05) is 109 Å². The number of rotatable bonds is 21. The maximum absolute atomic E-state index is 13.1. The number of nitro benzene ring substituents is 1. The van der Waals surface area contributed by atoms with Gasteiger partial charge in [-0.15, -0.1) is 0 Å². The summed E-state index contributed by atoms with van der Waals surface area (Å²) in [6.45, 7) is 13.5. The Labute approximate surface area is 734 Å². The van der Waals surface area contributed by atoms with Crippen molar-refractivity contribution in [3.63, 3.8) is 0 Å². The van der Waals surface area contributed by atoms with Crippen LogP contribution in [-0.2, 0) is 86.2 Å². The fourth-order valence-corrected chi connectivity index (χ4v) is 18.4. The molecule has 0 heterocycles. The smallest absolute Gasteiger partial charge is 0.306 e. The average Bonchev–Trinajstić information content (AvgIpc) is 0.780. The molecule has 6 atom stereocenters. The van der Waals surface area contributed by atoms with E-state index in [0.29, 0.717) is 119 Å². The highest BCUT2D eigenvalue weighted by Gasteiger charge is 2.49. The van der Waals surface area contributed by atoms with Crippen LogP contribution < -0.4 is 5.73 Å². The van der Waals surface area contributed by atoms with Gasteiger partial charge in [0.05, 0.1) is 71.9 Å². The number of Topliss-reactive ketones (excluding diaryl/α,β-unsaturated/α-hetero) is 6. The minimum Gasteiger partial charge on any atom is -0.508 e. The Morgan fingerprint density at radius 1 is 0.333 bits per heavy atom. The molecule has 6 aliphatic rings. The van der Waals surface area contributed by atoms with Gasteiger partial charge in [0.2, 0.25) is 0 Å². The Hall–Kier alpha value is -12.8. The number of carboxylic acid groups (broad SMARTS) is 2. The molecular formula is C101H114N2O23. The van der Waals surface area contributed by atoms with Crippen LogP contribution in [0.25, 0.3) is 22.3 Å². The van der Waals surface area contributed by atoms with Crippen molar-refractivity contribution in [3.8, 4) is 39.5 Å². The van der Waals surface area contributed by atoms with Gasteiger partial charge < -0.3 is 50.2 Å². The maximum atomic E-state index is 13.1. The number of anilines is 1. The molecule has 8 aromatic carbocycles. The predicted octanol–water partition coefficient (Wildman–Crippen LogP) is 18.7. The van der Waals surface area contributed by atoms with Crippen LogP contribution in [0.2, 0.25) is 0 Å². The monoisotopic (exact) mass is 1720 g/mol. The van der Waals surface area contributed by atoms with E-state index < -0.39 is 49.4 Å². The number of fused-ring (bicyclic) bond motifs is 6. The number of nitrogens with two attached hydrogens (primary N) is 1. The molecule has 0 saturated heterocycles. The van der Waals surface area contributed by atoms with Crippen LogP contribution in [-0.4, -0.2) is 129 Å². The van der Waals surface area contributed by atoms with Gasteiger partial charge in [0, 0.05) is 83.7 Å². The van der Waals surface area contributed by atoms with E-state index in [4.69, 9.17) is 34.9 Å². The zero-order valence-corrected chi connectivity index (χ0v) is 73.6. The van der Waals surface area contributed by atoms with Gasteiger partial charge in [0.1, 0.15) is 17.2 Å². The number of nitrogens with zero attached hydrogens (tertiary/aromatic N) is 1. The SMILES string of the molecule is CCC1(CC(=O)O)CCc2cc(O)ccc2C1=O.CC[C@@]1(CC(=O)O)CCc2cc(O)ccc2C1=O.CC[C@@]1(CC(=O)OC)CCc2cc(-c3ccc(N)cc3)ccc2C1=O.CC[C@@]1(CC(=O)OC)CCc2cc(-c3ccc([N+](=O)[O-])cc3)ccc2C1=O.CC[C@@]1(CC(=O)OC)CCc2cc(C)ccc2C1=O.CC[C@@]1(CC(=O)OC)CCc2cc(O)ccc2C1=O. The largest absolute Gasteiger partial charge is 0.508 e. The number of nitrogen functional groups attached to an aromatic ring is 1. The third kappa shape index (κ3) is 21.7. The van der Waals surface area contributed by atoms with Crippen molar-refractivity contribution in [1.82, 2.24) is 0 Å². The molecule has 0 fully saturated rings. The second kappa shape index (κ2) is 41.8. The molecule has 0 aromatic heterocycles. The molecule has 25 heteroatoms. The number of carboxylic acids is 2. The Morgan fingerprint density at radius 2 is 0.556 bits per heavy atom. The highest BCUT2D eigenvalue weighted by Crippen LogP contribution is 2.49. The fourth-order valence-electron chi connectivity index (χ4n) is 18.4. The van der Waals surface area contributed by atoms with Crippen molar-refractivity contribution in [2.24, 2.45) is 32.5 Å². The fraction of sp³-hybridized carbons (Fsp3) is 0.406. The average molecular weight is 1720 g/mol. The lowest BCUT2D eigenvalue weighted by Gasteiger charge is -2.35. The number of phenolic OH excluding ortho intramolecular Hbond substituents is 3. The van der Waals surface area contributed by atoms with Gasteiger partial charge >= 0.3 is 35.8 Å². The summed E-state index contributed by atoms with van der Waals surface area (Å²) < 4.78 is 19.0. The summed E-state index contributed by atoms with van der Waals surface area (Å²) in [4.78, 5) is 155. The summed E-state index contributed by atoms with van der Waals surface area (Å²) in [5.41, 5.74) is 17.0. The number of non-ortho nitro benzene ring substituents is 1. The number of carbonyl (C=O) groups excluding carboxylic acids is 10. The van der Waals surface area contributed by atoms with Gasteiger partial charge in [-0.1, -0.05) is 114 Å². The van der Waals surface area contributed by atoms with Crippen LogP contribution in [0.1, 0.15) is 258 Å². The van der Waals surface area contributed by atoms with E-state index in [2.05, 4.69) is 12.1 Å². The number of benzene rings is 8. The molecule has 7 N–H and O–H groups in total. The Morgan fingerprint density at radius 3 is 0.802 bits per heavy atom. The number of hydrogen-bond acceptors (Lipinski definition) is 22. The van der Waals surface area contributed by atoms with E-state index in [-0.39, 0.29) is 120 Å². The summed E-state index contributed by atoms with van der Waals surface area (Å²) in [6.07, 6.45) is 11.9. The maximum Gasteiger partial charge on any atom is 0.306 e. The number of hydrogen-bond donors (Lipinski definition) is 6.